The van der Waals surface area contributed by atoms with Gasteiger partial charge in [-0.1, -0.05) is 27.2 Å². The summed E-state index contributed by atoms with van der Waals surface area (Å²) in [6, 6.07) is 0. The van der Waals surface area contributed by atoms with Crippen molar-refractivity contribution in [1.29, 1.82) is 0 Å². The van der Waals surface area contributed by atoms with Crippen LogP contribution in [0.4, 0.5) is 0 Å². The molecule has 3 aliphatic rings. The maximum Gasteiger partial charge on any atom is 0.311 e. The van der Waals surface area contributed by atoms with Crippen LogP contribution in [-0.2, 0) is 19.1 Å². The molecule has 0 aromatic carbocycles. The highest BCUT2D eigenvalue weighted by Crippen LogP contribution is 2.51. The van der Waals surface area contributed by atoms with Gasteiger partial charge in [-0.05, 0) is 76.0 Å². The standard InChI is InChI=1S/C25H42O5/c1-6-25(4,5)24(28)30-21-12-15(2)11-17-8-7-16(3)20(23(17)21)10-9-19-13-18(26)14-22(27)29-19/h15-21,23,26H,6-14H2,1-5H3/t15-,16+,17-,18-,19-,20+,21+,23-/m1/s1. The van der Waals surface area contributed by atoms with E-state index in [9.17, 15) is 14.7 Å². The molecule has 30 heavy (non-hydrogen) atoms. The van der Waals surface area contributed by atoms with E-state index in [4.69, 9.17) is 9.47 Å². The third kappa shape index (κ3) is 5.38. The second-order valence-electron chi connectivity index (χ2n) is 11.1. The Morgan fingerprint density at radius 3 is 2.57 bits per heavy atom. The van der Waals surface area contributed by atoms with Gasteiger partial charge in [0.25, 0.3) is 0 Å². The first-order valence-electron chi connectivity index (χ1n) is 12.2. The first-order chi connectivity index (χ1) is 14.1. The van der Waals surface area contributed by atoms with E-state index < -0.39 is 11.5 Å². The van der Waals surface area contributed by atoms with Crippen LogP contribution in [0.1, 0.15) is 92.4 Å². The van der Waals surface area contributed by atoms with Gasteiger partial charge >= 0.3 is 11.9 Å². The van der Waals surface area contributed by atoms with Gasteiger partial charge in [0.15, 0.2) is 0 Å². The molecule has 3 fully saturated rings. The van der Waals surface area contributed by atoms with Crippen LogP contribution in [0.5, 0.6) is 0 Å². The summed E-state index contributed by atoms with van der Waals surface area (Å²) in [4.78, 5) is 24.6. The van der Waals surface area contributed by atoms with Gasteiger partial charge in [0, 0.05) is 12.3 Å². The number of ether oxygens (including phenoxy) is 2. The zero-order valence-electron chi connectivity index (χ0n) is 19.6. The van der Waals surface area contributed by atoms with Crippen molar-refractivity contribution >= 4 is 11.9 Å². The molecule has 8 atom stereocenters. The average Bonchev–Trinajstić information content (AvgIpc) is 2.66. The quantitative estimate of drug-likeness (QED) is 0.617. The molecule has 1 saturated heterocycles. The lowest BCUT2D eigenvalue weighted by Gasteiger charge is -2.50. The van der Waals surface area contributed by atoms with E-state index in [1.54, 1.807) is 0 Å². The summed E-state index contributed by atoms with van der Waals surface area (Å²) in [6.07, 6.45) is 7.02. The van der Waals surface area contributed by atoms with Crippen LogP contribution in [0.15, 0.2) is 0 Å². The second-order valence-corrected chi connectivity index (χ2v) is 11.1. The number of aliphatic hydroxyl groups excluding tert-OH is 1. The van der Waals surface area contributed by atoms with Crippen LogP contribution in [0, 0.1) is 35.0 Å². The molecule has 3 rings (SSSR count). The van der Waals surface area contributed by atoms with Gasteiger partial charge in [-0.3, -0.25) is 9.59 Å². The van der Waals surface area contributed by atoms with Crippen molar-refractivity contribution in [3.63, 3.8) is 0 Å². The summed E-state index contributed by atoms with van der Waals surface area (Å²) in [5.74, 6) is 2.28. The number of rotatable bonds is 6. The van der Waals surface area contributed by atoms with Crippen molar-refractivity contribution in [2.24, 2.45) is 35.0 Å². The molecular weight excluding hydrogens is 380 g/mol. The third-order valence-electron chi connectivity index (χ3n) is 8.28. The van der Waals surface area contributed by atoms with Gasteiger partial charge in [-0.2, -0.15) is 0 Å². The van der Waals surface area contributed by atoms with Gasteiger partial charge < -0.3 is 14.6 Å². The number of cyclic esters (lactones) is 1. The Hall–Kier alpha value is -1.10. The molecule has 0 bridgehead atoms. The number of carbonyl (C=O) groups is 2. The highest BCUT2D eigenvalue weighted by atomic mass is 16.6. The predicted molar refractivity (Wildman–Crippen MR) is 116 cm³/mol. The summed E-state index contributed by atoms with van der Waals surface area (Å²) in [7, 11) is 0. The van der Waals surface area contributed by atoms with Crippen LogP contribution >= 0.6 is 0 Å². The highest BCUT2D eigenvalue weighted by Gasteiger charge is 2.47. The van der Waals surface area contributed by atoms with E-state index in [1.807, 2.05) is 20.8 Å². The van der Waals surface area contributed by atoms with Crippen LogP contribution in [-0.4, -0.2) is 35.4 Å². The monoisotopic (exact) mass is 422 g/mol. The Balaban J connectivity index is 1.72. The Kier molecular flexibility index (Phi) is 7.53. The first-order valence-corrected chi connectivity index (χ1v) is 12.2. The average molecular weight is 423 g/mol. The molecule has 5 nitrogen and oxygen atoms in total. The Morgan fingerprint density at radius 1 is 1.17 bits per heavy atom. The minimum absolute atomic E-state index is 0.00989. The largest absolute Gasteiger partial charge is 0.462 e. The molecule has 1 N–H and O–H groups in total. The SMILES string of the molecule is CCC(C)(C)C(=O)O[C@H]1C[C@H](C)C[C@H]2CC[C@H](C)[C@H](CC[C@@H]3C[C@@H](O)CC(=O)O3)[C@@H]21. The van der Waals surface area contributed by atoms with Gasteiger partial charge in [0.1, 0.15) is 12.2 Å². The van der Waals surface area contributed by atoms with Crippen molar-refractivity contribution < 1.29 is 24.2 Å². The molecule has 1 heterocycles. The van der Waals surface area contributed by atoms with Gasteiger partial charge in [0.2, 0.25) is 0 Å². The molecule has 0 unspecified atom stereocenters. The van der Waals surface area contributed by atoms with Crippen molar-refractivity contribution in [1.82, 2.24) is 0 Å². The number of esters is 2. The lowest BCUT2D eigenvalue weighted by molar-refractivity contribution is -0.174. The fourth-order valence-corrected chi connectivity index (χ4v) is 6.09. The number of hydrogen-bond donors (Lipinski definition) is 1. The number of aliphatic hydroxyl groups is 1. The fourth-order valence-electron chi connectivity index (χ4n) is 6.09. The molecular formula is C25H42O5. The maximum absolute atomic E-state index is 12.9. The lowest BCUT2D eigenvalue weighted by Crippen LogP contribution is -2.48. The van der Waals surface area contributed by atoms with Crippen LogP contribution in [0.2, 0.25) is 0 Å². The number of fused-ring (bicyclic) bond motifs is 1. The van der Waals surface area contributed by atoms with Gasteiger partial charge in [-0.25, -0.2) is 0 Å². The summed E-state index contributed by atoms with van der Waals surface area (Å²) in [5.41, 5.74) is -0.446. The Morgan fingerprint density at radius 2 is 1.90 bits per heavy atom. The van der Waals surface area contributed by atoms with Gasteiger partial charge in [-0.15, -0.1) is 0 Å². The van der Waals surface area contributed by atoms with E-state index in [0.717, 1.165) is 25.7 Å². The second kappa shape index (κ2) is 9.58. The van der Waals surface area contributed by atoms with Crippen LogP contribution < -0.4 is 0 Å². The number of hydrogen-bond acceptors (Lipinski definition) is 5. The first kappa shape index (κ1) is 23.6. The number of carbonyl (C=O) groups excluding carboxylic acids is 2. The Bertz CT molecular complexity index is 615. The van der Waals surface area contributed by atoms with E-state index in [-0.39, 0.29) is 30.6 Å². The molecule has 0 aromatic heterocycles. The minimum Gasteiger partial charge on any atom is -0.462 e. The van der Waals surface area contributed by atoms with E-state index in [0.29, 0.717) is 36.0 Å². The smallest absolute Gasteiger partial charge is 0.311 e. The zero-order chi connectivity index (χ0) is 22.1. The van der Waals surface area contributed by atoms with E-state index in [1.165, 1.54) is 19.3 Å². The summed E-state index contributed by atoms with van der Waals surface area (Å²) in [6.45, 7) is 10.6. The third-order valence-corrected chi connectivity index (χ3v) is 8.28. The topological polar surface area (TPSA) is 72.8 Å². The molecule has 5 heteroatoms. The normalized spacial score (nSPS) is 39.7. The predicted octanol–water partition coefficient (Wildman–Crippen LogP) is 4.89. The summed E-state index contributed by atoms with van der Waals surface area (Å²) in [5, 5.41) is 9.94. The molecule has 2 saturated carbocycles. The van der Waals surface area contributed by atoms with Crippen molar-refractivity contribution in [2.75, 3.05) is 0 Å². The molecule has 1 aliphatic heterocycles. The zero-order valence-corrected chi connectivity index (χ0v) is 19.6. The van der Waals surface area contributed by atoms with E-state index in [2.05, 4.69) is 13.8 Å². The minimum atomic E-state index is -0.576. The lowest BCUT2D eigenvalue weighted by atomic mass is 9.58. The molecule has 0 amide bonds. The molecule has 0 radical (unpaired) electrons. The van der Waals surface area contributed by atoms with Crippen LogP contribution in [0.25, 0.3) is 0 Å². The Labute approximate surface area is 182 Å². The van der Waals surface area contributed by atoms with Crippen molar-refractivity contribution in [3.05, 3.63) is 0 Å². The molecule has 0 aromatic rings. The maximum atomic E-state index is 12.9. The summed E-state index contributed by atoms with van der Waals surface area (Å²) >= 11 is 0. The van der Waals surface area contributed by atoms with Crippen LogP contribution in [0.3, 0.4) is 0 Å². The van der Waals surface area contributed by atoms with Gasteiger partial charge in [0.05, 0.1) is 17.9 Å². The fraction of sp³-hybridized carbons (Fsp3) is 0.920. The van der Waals surface area contributed by atoms with E-state index >= 15 is 0 Å². The van der Waals surface area contributed by atoms with Crippen molar-refractivity contribution in [3.8, 4) is 0 Å². The van der Waals surface area contributed by atoms with Crippen molar-refractivity contribution in [2.45, 2.75) is 111 Å². The molecule has 0 spiro atoms. The summed E-state index contributed by atoms with van der Waals surface area (Å²) < 4.78 is 11.7. The molecule has 172 valence electrons. The molecule has 2 aliphatic carbocycles. The highest BCUT2D eigenvalue weighted by molar-refractivity contribution is 5.76.